The summed E-state index contributed by atoms with van der Waals surface area (Å²) in [5, 5.41) is 12.8. The number of carboxylic acids is 1. The lowest BCUT2D eigenvalue weighted by atomic mass is 9.87. The maximum Gasteiger partial charge on any atom is 0.446 e. The Balaban J connectivity index is 0.0000353. The number of ether oxygens (including phenoxy) is 4. The molecule has 0 saturated heterocycles. The fourth-order valence-electron chi connectivity index (χ4n) is 8.30. The molecule has 3 amide bonds. The van der Waals surface area contributed by atoms with Gasteiger partial charge in [0, 0.05) is 56.6 Å². The number of benzene rings is 2. The summed E-state index contributed by atoms with van der Waals surface area (Å²) in [6.45, 7) is 17.3. The molecule has 0 radical (unpaired) electrons. The lowest BCUT2D eigenvalue weighted by Crippen LogP contribution is -2.54. The van der Waals surface area contributed by atoms with Gasteiger partial charge in [0.2, 0.25) is 6.10 Å². The normalized spacial score (nSPS) is 15.3. The summed E-state index contributed by atoms with van der Waals surface area (Å²) >= 11 is -0.839. The van der Waals surface area contributed by atoms with Crippen LogP contribution in [0, 0.1) is 10.8 Å². The Morgan fingerprint density at radius 1 is 0.488 bits per heavy atom. The number of carboxylic acid groups (broad SMARTS) is 1. The van der Waals surface area contributed by atoms with Gasteiger partial charge in [-0.1, -0.05) is 65.8 Å². The average Bonchev–Trinajstić information content (AvgIpc) is 3.54. The third kappa shape index (κ3) is 27.3. The van der Waals surface area contributed by atoms with E-state index in [-0.39, 0.29) is 45.2 Å². The zero-order chi connectivity index (χ0) is 64.1. The number of halogens is 9. The summed E-state index contributed by atoms with van der Waals surface area (Å²) in [4.78, 5) is 113. The van der Waals surface area contributed by atoms with E-state index in [2.05, 4.69) is 5.32 Å². The van der Waals surface area contributed by atoms with Gasteiger partial charge in [0.1, 0.15) is 35.5 Å². The van der Waals surface area contributed by atoms with E-state index < -0.39 is 173 Å². The van der Waals surface area contributed by atoms with Crippen molar-refractivity contribution >= 4 is 83.5 Å². The first-order valence-corrected chi connectivity index (χ1v) is 27.8. The zero-order valence-corrected chi connectivity index (χ0v) is 52.4. The van der Waals surface area contributed by atoms with E-state index in [9.17, 15) is 69.8 Å². The van der Waals surface area contributed by atoms with Crippen LogP contribution in [0.1, 0.15) is 120 Å². The van der Waals surface area contributed by atoms with Gasteiger partial charge in [0.15, 0.2) is 18.3 Å². The summed E-state index contributed by atoms with van der Waals surface area (Å²) in [6.07, 6.45) is -9.86. The molecule has 0 fully saturated rings. The first-order valence-electron chi connectivity index (χ1n) is 26.2. The summed E-state index contributed by atoms with van der Waals surface area (Å²) in [7, 11) is 4.79. The zero-order valence-electron chi connectivity index (χ0n) is 49.9. The van der Waals surface area contributed by atoms with Gasteiger partial charge < -0.3 is 44.1 Å². The highest BCUT2D eigenvalue weighted by atomic mass is 35.5. The van der Waals surface area contributed by atoms with Crippen molar-refractivity contribution in [3.63, 3.8) is 0 Å². The number of nitrogens with zero attached hydrogens (tertiary/aromatic N) is 3. The molecule has 84 heavy (non-hydrogen) atoms. The fourth-order valence-corrected chi connectivity index (χ4v) is 9.38. The van der Waals surface area contributed by atoms with E-state index in [1.165, 1.54) is 38.2 Å². The van der Waals surface area contributed by atoms with Crippen LogP contribution in [0.3, 0.4) is 0 Å². The number of nitrogens with one attached hydrogen (secondary N) is 1. The molecule has 0 aliphatic carbocycles. The molecular weight excluding hydrogens is 1190 g/mol. The highest BCUT2D eigenvalue weighted by Crippen LogP contribution is 2.38. The van der Waals surface area contributed by atoms with Crippen LogP contribution in [0.15, 0.2) is 58.3 Å². The topological polar surface area (TPSA) is 215 Å². The van der Waals surface area contributed by atoms with Crippen molar-refractivity contribution in [1.82, 2.24) is 20.0 Å². The molecule has 2 N–H and O–H groups in total. The maximum absolute atomic E-state index is 15.6. The molecule has 0 spiro atoms. The molecule has 0 heterocycles. The Kier molecular flexibility index (Phi) is 28.5. The van der Waals surface area contributed by atoms with Gasteiger partial charge in [-0.2, -0.15) is 26.3 Å². The number of esters is 4. The molecule has 0 aliphatic rings. The van der Waals surface area contributed by atoms with Crippen molar-refractivity contribution < 1.29 is 97.5 Å². The molecule has 0 saturated carbocycles. The standard InChI is InChI=1S/C56H78F8N4O13S2.ClH/c1-31(78-47(74)37(65-13)27-51(3,4)5)43(69)66(14)39(29-53(9,10)57)49(76)80-41(25-33-17-21-35(22-18-33)82-55(59,60)61)45(71)68(16)38(28-52(6,7)8)48(75)79-32(2)44(70)67(15)40(30-54(11,12)58)50(77)81-42(46(72)73)26-34-19-23-36(24-20-34)83-56(62,63)64;/h17-24,31-32,37-42,65H,25-30H2,1-16H3,(H,72,73);1H/t31-,32-,37+,38+,39+,40+,41+,42+;/m1./s1. The number of hydrogen-bond donors (Lipinski definition) is 2. The number of aliphatic carboxylic acids is 1. The molecule has 28 heteroatoms. The van der Waals surface area contributed by atoms with Crippen LogP contribution in [0.2, 0.25) is 0 Å². The molecule has 476 valence electrons. The number of alkyl halides is 8. The van der Waals surface area contributed by atoms with E-state index >= 15 is 8.78 Å². The summed E-state index contributed by atoms with van der Waals surface area (Å²) in [5.74, 6) is -9.73. The van der Waals surface area contributed by atoms with Crippen molar-refractivity contribution in [2.24, 2.45) is 10.8 Å². The number of hydrogen-bond acceptors (Lipinski definition) is 15. The van der Waals surface area contributed by atoms with Crippen LogP contribution in [-0.2, 0) is 70.1 Å². The van der Waals surface area contributed by atoms with Crippen molar-refractivity contribution in [1.29, 1.82) is 0 Å². The second-order valence-corrected chi connectivity index (χ2v) is 26.0. The Bertz CT molecular complexity index is 2560. The van der Waals surface area contributed by atoms with Gasteiger partial charge in [-0.25, -0.2) is 28.0 Å². The van der Waals surface area contributed by atoms with Crippen LogP contribution >= 0.6 is 35.9 Å². The van der Waals surface area contributed by atoms with Gasteiger partial charge in [0.05, 0.1) is 0 Å². The highest BCUT2D eigenvalue weighted by Gasteiger charge is 2.44. The fraction of sp³-hybridized carbons (Fsp3) is 0.643. The largest absolute Gasteiger partial charge is 0.478 e. The number of thioether (sulfide) groups is 2. The Hall–Kier alpha value is -5.41. The number of amides is 3. The van der Waals surface area contributed by atoms with Crippen LogP contribution in [0.4, 0.5) is 35.1 Å². The molecule has 0 unspecified atom stereocenters. The quantitative estimate of drug-likeness (QED) is 0.0351. The van der Waals surface area contributed by atoms with Gasteiger partial charge in [-0.15, -0.1) is 12.4 Å². The lowest BCUT2D eigenvalue weighted by Gasteiger charge is -2.36. The first kappa shape index (κ1) is 76.6. The first-order chi connectivity index (χ1) is 37.6. The summed E-state index contributed by atoms with van der Waals surface area (Å²) in [5.41, 5.74) is -14.6. The molecule has 2 aromatic rings. The van der Waals surface area contributed by atoms with Crippen molar-refractivity contribution in [2.45, 2.75) is 202 Å². The van der Waals surface area contributed by atoms with Crippen LogP contribution in [0.5, 0.6) is 0 Å². The Morgan fingerprint density at radius 2 is 0.798 bits per heavy atom. The number of rotatable bonds is 28. The third-order valence-corrected chi connectivity index (χ3v) is 13.9. The SMILES string of the molecule is CN[C@@H](CC(C)(C)C)C(=O)O[C@H](C)C(=O)N(C)[C@@H](CC(C)(C)F)C(=O)O[C@@H](Cc1ccc(SC(F)(F)F)cc1)C(=O)N(C)[C@@H](CC(C)(C)C)C(=O)O[C@H](C)C(=O)N(C)[C@@H](CC(C)(C)F)C(=O)O[C@@H](Cc1ccc(SC(F)(F)F)cc1)C(=O)O.Cl. The van der Waals surface area contributed by atoms with E-state index in [0.29, 0.717) is 11.3 Å². The number of carbonyl (C=O) groups excluding carboxylic acids is 7. The monoisotopic (exact) mass is 1270 g/mol. The number of likely N-dealkylation sites (N-methyl/N-ethyl adjacent to an activating group) is 4. The van der Waals surface area contributed by atoms with Gasteiger partial charge in [0.25, 0.3) is 17.7 Å². The Morgan fingerprint density at radius 3 is 1.12 bits per heavy atom. The van der Waals surface area contributed by atoms with E-state index in [4.69, 9.17) is 18.9 Å². The Labute approximate surface area is 500 Å². The predicted octanol–water partition coefficient (Wildman–Crippen LogP) is 10.1. The van der Waals surface area contributed by atoms with E-state index in [0.717, 1.165) is 89.8 Å². The highest BCUT2D eigenvalue weighted by molar-refractivity contribution is 8.00. The molecule has 0 aromatic heterocycles. The minimum atomic E-state index is -4.67. The van der Waals surface area contributed by atoms with Crippen LogP contribution in [0.25, 0.3) is 0 Å². The minimum Gasteiger partial charge on any atom is -0.478 e. The van der Waals surface area contributed by atoms with Crippen molar-refractivity contribution in [2.75, 3.05) is 28.2 Å². The van der Waals surface area contributed by atoms with Crippen molar-refractivity contribution in [3.8, 4) is 0 Å². The molecular formula is C56H79ClF8N4O13S2. The molecule has 0 aliphatic heterocycles. The van der Waals surface area contributed by atoms with Gasteiger partial charge in [-0.05, 0) is 131 Å². The lowest BCUT2D eigenvalue weighted by molar-refractivity contribution is -0.175. The van der Waals surface area contributed by atoms with Gasteiger partial charge >= 0.3 is 40.9 Å². The molecule has 0 bridgehead atoms. The number of carbonyl (C=O) groups is 8. The summed E-state index contributed by atoms with van der Waals surface area (Å²) < 4.78 is 132. The van der Waals surface area contributed by atoms with E-state index in [1.54, 1.807) is 20.8 Å². The smallest absolute Gasteiger partial charge is 0.446 e. The van der Waals surface area contributed by atoms with E-state index in [1.807, 2.05) is 20.8 Å². The average molecular weight is 1270 g/mol. The molecule has 2 aromatic carbocycles. The maximum atomic E-state index is 15.6. The molecule has 2 rings (SSSR count). The predicted molar refractivity (Wildman–Crippen MR) is 300 cm³/mol. The van der Waals surface area contributed by atoms with Crippen LogP contribution in [-0.4, -0.2) is 167 Å². The minimum absolute atomic E-state index is 0. The van der Waals surface area contributed by atoms with Crippen LogP contribution < -0.4 is 5.32 Å². The third-order valence-electron chi connectivity index (χ3n) is 12.4. The molecule has 17 nitrogen and oxygen atoms in total. The second kappa shape index (κ2) is 31.3. The molecule has 8 atom stereocenters. The second-order valence-electron chi connectivity index (χ2n) is 23.8. The van der Waals surface area contributed by atoms with Crippen molar-refractivity contribution in [3.05, 3.63) is 59.7 Å². The van der Waals surface area contributed by atoms with Gasteiger partial charge in [-0.3, -0.25) is 19.2 Å². The summed E-state index contributed by atoms with van der Waals surface area (Å²) in [6, 6.07) is 2.98.